The monoisotopic (exact) mass is 265 g/mol. The van der Waals surface area contributed by atoms with Crippen LogP contribution in [0.5, 0.6) is 0 Å². The van der Waals surface area contributed by atoms with Gasteiger partial charge in [-0.15, -0.1) is 0 Å². The van der Waals surface area contributed by atoms with Crippen molar-refractivity contribution in [1.82, 2.24) is 5.32 Å². The van der Waals surface area contributed by atoms with Crippen LogP contribution in [0, 0.1) is 18.6 Å². The number of aryl methyl sites for hydroxylation is 1. The van der Waals surface area contributed by atoms with E-state index in [-0.39, 0.29) is 5.56 Å². The molecular weight excluding hydrogens is 252 g/mol. The van der Waals surface area contributed by atoms with Gasteiger partial charge in [0.05, 0.1) is 11.6 Å². The van der Waals surface area contributed by atoms with Crippen molar-refractivity contribution < 1.29 is 18.0 Å². The lowest BCUT2D eigenvalue weighted by Crippen LogP contribution is -2.27. The van der Waals surface area contributed by atoms with Crippen molar-refractivity contribution in [3.8, 4) is 0 Å². The summed E-state index contributed by atoms with van der Waals surface area (Å²) in [5.41, 5.74) is -0.198. The average molecular weight is 265 g/mol. The van der Waals surface area contributed by atoms with E-state index in [1.807, 2.05) is 0 Å². The Hall–Kier alpha value is -2.17. The Bertz CT molecular complexity index is 607. The van der Waals surface area contributed by atoms with Crippen molar-refractivity contribution in [3.63, 3.8) is 0 Å². The summed E-state index contributed by atoms with van der Waals surface area (Å²) >= 11 is 0. The fraction of sp³-hybridized carbons (Fsp3) is 0.214. The van der Waals surface area contributed by atoms with E-state index in [1.54, 1.807) is 26.0 Å². The molecule has 1 amide bonds. The van der Waals surface area contributed by atoms with Gasteiger partial charge in [0.2, 0.25) is 0 Å². The maximum atomic E-state index is 13.4. The molecule has 1 aromatic heterocycles. The van der Waals surface area contributed by atoms with Crippen molar-refractivity contribution in [2.75, 3.05) is 0 Å². The highest BCUT2D eigenvalue weighted by Crippen LogP contribution is 2.17. The Kier molecular flexibility index (Phi) is 3.64. The molecule has 0 saturated carbocycles. The predicted molar refractivity (Wildman–Crippen MR) is 65.7 cm³/mol. The van der Waals surface area contributed by atoms with E-state index in [1.165, 1.54) is 0 Å². The van der Waals surface area contributed by atoms with Gasteiger partial charge in [-0.1, -0.05) is 0 Å². The largest absolute Gasteiger partial charge is 0.464 e. The molecule has 0 aliphatic carbocycles. The van der Waals surface area contributed by atoms with Crippen LogP contribution in [-0.4, -0.2) is 5.91 Å². The molecule has 3 nitrogen and oxygen atoms in total. The first-order chi connectivity index (χ1) is 8.97. The Balaban J connectivity index is 2.12. The molecule has 0 aliphatic heterocycles. The van der Waals surface area contributed by atoms with E-state index < -0.39 is 23.6 Å². The molecule has 1 N–H and O–H groups in total. The van der Waals surface area contributed by atoms with Gasteiger partial charge in [0.15, 0.2) is 0 Å². The lowest BCUT2D eigenvalue weighted by Gasteiger charge is -2.12. The van der Waals surface area contributed by atoms with Gasteiger partial charge in [0.25, 0.3) is 5.91 Å². The zero-order valence-electron chi connectivity index (χ0n) is 10.5. The Morgan fingerprint density at radius 1 is 1.26 bits per heavy atom. The van der Waals surface area contributed by atoms with Gasteiger partial charge in [-0.3, -0.25) is 4.79 Å². The van der Waals surface area contributed by atoms with Crippen LogP contribution in [0.4, 0.5) is 8.78 Å². The van der Waals surface area contributed by atoms with Crippen LogP contribution in [-0.2, 0) is 0 Å². The molecule has 2 aromatic rings. The second kappa shape index (κ2) is 5.22. The van der Waals surface area contributed by atoms with Gasteiger partial charge < -0.3 is 9.73 Å². The maximum absolute atomic E-state index is 13.4. The molecule has 5 heteroatoms. The summed E-state index contributed by atoms with van der Waals surface area (Å²) in [4.78, 5) is 11.9. The summed E-state index contributed by atoms with van der Waals surface area (Å²) in [5.74, 6) is -0.916. The number of hydrogen-bond acceptors (Lipinski definition) is 2. The minimum atomic E-state index is -0.889. The lowest BCUT2D eigenvalue weighted by atomic mass is 10.1. The first-order valence-electron chi connectivity index (χ1n) is 5.79. The molecule has 0 fully saturated rings. The molecule has 1 aromatic carbocycles. The minimum Gasteiger partial charge on any atom is -0.464 e. The van der Waals surface area contributed by atoms with Gasteiger partial charge in [0.1, 0.15) is 23.2 Å². The number of halogens is 2. The third-order valence-electron chi connectivity index (χ3n) is 2.71. The summed E-state index contributed by atoms with van der Waals surface area (Å²) in [6.45, 7) is 3.51. The van der Waals surface area contributed by atoms with Crippen LogP contribution in [0.25, 0.3) is 0 Å². The quantitative estimate of drug-likeness (QED) is 0.924. The molecule has 1 atom stereocenters. The van der Waals surface area contributed by atoms with Crippen LogP contribution in [0.2, 0.25) is 0 Å². The Morgan fingerprint density at radius 3 is 2.58 bits per heavy atom. The number of benzene rings is 1. The van der Waals surface area contributed by atoms with Crippen molar-refractivity contribution in [1.29, 1.82) is 0 Å². The fourth-order valence-electron chi connectivity index (χ4n) is 1.71. The molecular formula is C14H13F2NO2. The molecule has 1 unspecified atom stereocenters. The lowest BCUT2D eigenvalue weighted by molar-refractivity contribution is 0.0931. The van der Waals surface area contributed by atoms with E-state index in [0.29, 0.717) is 11.8 Å². The van der Waals surface area contributed by atoms with Gasteiger partial charge >= 0.3 is 0 Å². The number of carbonyl (C=O) groups excluding carboxylic acids is 1. The second-order valence-electron chi connectivity index (χ2n) is 4.27. The number of nitrogens with one attached hydrogen (secondary N) is 1. The summed E-state index contributed by atoms with van der Waals surface area (Å²) < 4.78 is 31.6. The van der Waals surface area contributed by atoms with Crippen LogP contribution in [0.3, 0.4) is 0 Å². The molecule has 0 radical (unpaired) electrons. The number of rotatable bonds is 3. The maximum Gasteiger partial charge on any atom is 0.254 e. The van der Waals surface area contributed by atoms with Gasteiger partial charge in [-0.2, -0.15) is 0 Å². The van der Waals surface area contributed by atoms with E-state index in [4.69, 9.17) is 4.42 Å². The van der Waals surface area contributed by atoms with E-state index in [2.05, 4.69) is 5.32 Å². The molecule has 2 rings (SSSR count). The third-order valence-corrected chi connectivity index (χ3v) is 2.71. The predicted octanol–water partition coefficient (Wildman–Crippen LogP) is 3.36. The summed E-state index contributed by atoms with van der Waals surface area (Å²) in [6, 6.07) is 5.94. The molecule has 100 valence electrons. The van der Waals surface area contributed by atoms with Crippen LogP contribution >= 0.6 is 0 Å². The van der Waals surface area contributed by atoms with Crippen molar-refractivity contribution in [3.05, 3.63) is 59.1 Å². The number of furan rings is 1. The smallest absolute Gasteiger partial charge is 0.254 e. The zero-order valence-corrected chi connectivity index (χ0v) is 10.5. The topological polar surface area (TPSA) is 42.2 Å². The van der Waals surface area contributed by atoms with Crippen molar-refractivity contribution in [2.45, 2.75) is 19.9 Å². The summed E-state index contributed by atoms with van der Waals surface area (Å²) in [5, 5.41) is 2.59. The molecule has 1 heterocycles. The van der Waals surface area contributed by atoms with E-state index >= 15 is 0 Å². The zero-order chi connectivity index (χ0) is 14.0. The number of carbonyl (C=O) groups is 1. The first kappa shape index (κ1) is 13.3. The van der Waals surface area contributed by atoms with Crippen LogP contribution in [0.15, 0.2) is 34.7 Å². The highest BCUT2D eigenvalue weighted by molar-refractivity contribution is 5.94. The van der Waals surface area contributed by atoms with Crippen molar-refractivity contribution in [2.24, 2.45) is 0 Å². The van der Waals surface area contributed by atoms with Gasteiger partial charge in [0, 0.05) is 6.07 Å². The Morgan fingerprint density at radius 2 is 2.00 bits per heavy atom. The van der Waals surface area contributed by atoms with Gasteiger partial charge in [-0.25, -0.2) is 8.78 Å². The first-order valence-corrected chi connectivity index (χ1v) is 5.79. The average Bonchev–Trinajstić information content (AvgIpc) is 2.75. The van der Waals surface area contributed by atoms with E-state index in [9.17, 15) is 13.6 Å². The molecule has 0 bridgehead atoms. The molecule has 19 heavy (non-hydrogen) atoms. The van der Waals surface area contributed by atoms with Gasteiger partial charge in [-0.05, 0) is 38.1 Å². The molecule has 0 spiro atoms. The van der Waals surface area contributed by atoms with Crippen LogP contribution < -0.4 is 5.32 Å². The SMILES string of the molecule is Cc1ccc(C(C)NC(=O)c2ccc(F)cc2F)o1. The van der Waals surface area contributed by atoms with Crippen LogP contribution in [0.1, 0.15) is 34.8 Å². The number of amides is 1. The highest BCUT2D eigenvalue weighted by Gasteiger charge is 2.17. The Labute approximate surface area is 109 Å². The third kappa shape index (κ3) is 2.99. The fourth-order valence-corrected chi connectivity index (χ4v) is 1.71. The summed E-state index contributed by atoms with van der Waals surface area (Å²) in [6.07, 6.45) is 0. The molecule has 0 aliphatic rings. The second-order valence-corrected chi connectivity index (χ2v) is 4.27. The minimum absolute atomic E-state index is 0.198. The number of hydrogen-bond donors (Lipinski definition) is 1. The summed E-state index contributed by atoms with van der Waals surface area (Å²) in [7, 11) is 0. The van der Waals surface area contributed by atoms with E-state index in [0.717, 1.165) is 17.9 Å². The van der Waals surface area contributed by atoms with Crippen molar-refractivity contribution >= 4 is 5.91 Å². The standard InChI is InChI=1S/C14H13F2NO2/c1-8-3-6-13(19-8)9(2)17-14(18)11-5-4-10(15)7-12(11)16/h3-7,9H,1-2H3,(H,17,18). The normalized spacial score (nSPS) is 12.2. The molecule has 0 saturated heterocycles. The highest BCUT2D eigenvalue weighted by atomic mass is 19.1.